The maximum absolute atomic E-state index is 12.9. The number of carbonyl (C=O) groups is 1. The molecule has 7 nitrogen and oxygen atoms in total. The van der Waals surface area contributed by atoms with Crippen LogP contribution in [0.5, 0.6) is 0 Å². The van der Waals surface area contributed by atoms with Gasteiger partial charge in [-0.25, -0.2) is 12.8 Å². The number of likely N-dealkylation sites (N-methyl/N-ethyl adjacent to an activating group) is 1. The van der Waals surface area contributed by atoms with Gasteiger partial charge in [-0.1, -0.05) is 0 Å². The van der Waals surface area contributed by atoms with Crippen LogP contribution in [0.4, 0.5) is 10.1 Å². The molecular weight excluding hydrogens is 323 g/mol. The van der Waals surface area contributed by atoms with Crippen LogP contribution in [-0.2, 0) is 14.8 Å². The Morgan fingerprint density at radius 2 is 1.91 bits per heavy atom. The first-order valence-corrected chi connectivity index (χ1v) is 8.19. The van der Waals surface area contributed by atoms with Crippen molar-refractivity contribution in [1.82, 2.24) is 14.5 Å². The number of carbonyl (C=O) groups excluding carboxylic acids is 1. The molecule has 0 unspecified atom stereocenters. The van der Waals surface area contributed by atoms with Crippen LogP contribution in [-0.4, -0.2) is 42.4 Å². The lowest BCUT2D eigenvalue weighted by Crippen LogP contribution is -2.35. The average molecular weight is 340 g/mol. The molecular formula is C14H17FN4O3S. The summed E-state index contributed by atoms with van der Waals surface area (Å²) in [7, 11) is -2.58. The van der Waals surface area contributed by atoms with Crippen LogP contribution in [0, 0.1) is 19.7 Å². The number of sulfonamides is 1. The third-order valence-corrected chi connectivity index (χ3v) is 5.10. The van der Waals surface area contributed by atoms with Crippen molar-refractivity contribution in [2.45, 2.75) is 18.7 Å². The van der Waals surface area contributed by atoms with E-state index in [0.29, 0.717) is 17.1 Å². The Hall–Kier alpha value is -2.26. The quantitative estimate of drug-likeness (QED) is 0.861. The number of aryl methyl sites for hydroxylation is 2. The van der Waals surface area contributed by atoms with Crippen LogP contribution in [0.25, 0.3) is 0 Å². The molecule has 0 atom stereocenters. The highest BCUT2D eigenvalue weighted by molar-refractivity contribution is 7.89. The molecule has 0 spiro atoms. The zero-order valence-electron chi connectivity index (χ0n) is 12.9. The second-order valence-corrected chi connectivity index (χ2v) is 7.12. The first-order chi connectivity index (χ1) is 10.7. The predicted molar refractivity (Wildman–Crippen MR) is 82.9 cm³/mol. The van der Waals surface area contributed by atoms with Gasteiger partial charge >= 0.3 is 0 Å². The molecule has 23 heavy (non-hydrogen) atoms. The Bertz CT molecular complexity index is 796. The van der Waals surface area contributed by atoms with E-state index in [9.17, 15) is 17.6 Å². The number of aromatic amines is 1. The summed E-state index contributed by atoms with van der Waals surface area (Å²) in [6.07, 6.45) is 0. The summed E-state index contributed by atoms with van der Waals surface area (Å²) in [5.74, 6) is -1.03. The molecule has 2 aromatic rings. The van der Waals surface area contributed by atoms with Gasteiger partial charge in [-0.15, -0.1) is 0 Å². The summed E-state index contributed by atoms with van der Waals surface area (Å²) in [4.78, 5) is 12.0. The molecule has 0 aliphatic carbocycles. The van der Waals surface area contributed by atoms with Crippen molar-refractivity contribution in [1.29, 1.82) is 0 Å². The highest BCUT2D eigenvalue weighted by Crippen LogP contribution is 2.17. The second kappa shape index (κ2) is 6.47. The number of nitrogens with one attached hydrogen (secondary N) is 2. The molecule has 1 amide bonds. The lowest BCUT2D eigenvalue weighted by Gasteiger charge is -2.17. The molecule has 124 valence electrons. The van der Waals surface area contributed by atoms with Gasteiger partial charge in [0.25, 0.3) is 0 Å². The average Bonchev–Trinajstić information content (AvgIpc) is 2.79. The maximum Gasteiger partial charge on any atom is 0.243 e. The van der Waals surface area contributed by atoms with E-state index in [2.05, 4.69) is 15.5 Å². The fourth-order valence-electron chi connectivity index (χ4n) is 1.99. The minimum absolute atomic E-state index is 0.0788. The van der Waals surface area contributed by atoms with Crippen LogP contribution in [0.1, 0.15) is 11.4 Å². The fourth-order valence-corrected chi connectivity index (χ4v) is 3.11. The molecule has 9 heteroatoms. The number of H-pyrrole nitrogens is 1. The minimum Gasteiger partial charge on any atom is -0.322 e. The largest absolute Gasteiger partial charge is 0.322 e. The minimum atomic E-state index is -3.87. The third-order valence-electron chi connectivity index (χ3n) is 3.28. The van der Waals surface area contributed by atoms with Crippen LogP contribution < -0.4 is 5.32 Å². The highest BCUT2D eigenvalue weighted by Gasteiger charge is 2.23. The number of hydrogen-bond donors (Lipinski definition) is 2. The van der Waals surface area contributed by atoms with Gasteiger partial charge in [0.05, 0.1) is 28.5 Å². The predicted octanol–water partition coefficient (Wildman–Crippen LogP) is 1.42. The van der Waals surface area contributed by atoms with E-state index in [1.165, 1.54) is 7.05 Å². The van der Waals surface area contributed by atoms with Gasteiger partial charge in [0, 0.05) is 7.05 Å². The zero-order valence-corrected chi connectivity index (χ0v) is 13.7. The lowest BCUT2D eigenvalue weighted by molar-refractivity contribution is -0.116. The second-order valence-electron chi connectivity index (χ2n) is 5.07. The molecule has 2 N–H and O–H groups in total. The van der Waals surface area contributed by atoms with Gasteiger partial charge in [0.15, 0.2) is 0 Å². The van der Waals surface area contributed by atoms with Crippen molar-refractivity contribution in [2.24, 2.45) is 0 Å². The van der Waals surface area contributed by atoms with E-state index < -0.39 is 21.7 Å². The van der Waals surface area contributed by atoms with Crippen LogP contribution in [0.15, 0.2) is 29.2 Å². The van der Waals surface area contributed by atoms with Crippen molar-refractivity contribution in [3.05, 3.63) is 41.5 Å². The van der Waals surface area contributed by atoms with Crippen LogP contribution >= 0.6 is 0 Å². The first kappa shape index (κ1) is 17.1. The fraction of sp³-hybridized carbons (Fsp3) is 0.286. The highest BCUT2D eigenvalue weighted by atomic mass is 32.2. The SMILES string of the molecule is Cc1n[nH]c(C)c1NC(=O)CN(C)S(=O)(=O)c1ccc(F)cc1. The Balaban J connectivity index is 2.10. The molecule has 0 aliphatic rings. The van der Waals surface area contributed by atoms with Gasteiger partial charge in [-0.05, 0) is 38.1 Å². The van der Waals surface area contributed by atoms with E-state index in [4.69, 9.17) is 0 Å². The molecule has 1 aromatic carbocycles. The summed E-state index contributed by atoms with van der Waals surface area (Å²) < 4.78 is 38.4. The number of nitrogens with zero attached hydrogens (tertiary/aromatic N) is 2. The number of anilines is 1. The molecule has 1 aromatic heterocycles. The smallest absolute Gasteiger partial charge is 0.243 e. The number of benzene rings is 1. The number of amides is 1. The van der Waals surface area contributed by atoms with Crippen molar-refractivity contribution in [2.75, 3.05) is 18.9 Å². The maximum atomic E-state index is 12.9. The third kappa shape index (κ3) is 3.74. The topological polar surface area (TPSA) is 95.2 Å². The molecule has 0 saturated carbocycles. The molecule has 2 rings (SSSR count). The standard InChI is InChI=1S/C14H17FN4O3S/c1-9-14(10(2)18-17-9)16-13(20)8-19(3)23(21,22)12-6-4-11(15)5-7-12/h4-7H,8H2,1-3H3,(H,16,20)(H,17,18). The van der Waals surface area contributed by atoms with Crippen LogP contribution in [0.2, 0.25) is 0 Å². The van der Waals surface area contributed by atoms with Gasteiger partial charge < -0.3 is 5.32 Å². The monoisotopic (exact) mass is 340 g/mol. The zero-order chi connectivity index (χ0) is 17.2. The number of aromatic nitrogens is 2. The van der Waals surface area contributed by atoms with E-state index in [1.807, 2.05) is 0 Å². The number of rotatable bonds is 5. The molecule has 1 heterocycles. The van der Waals surface area contributed by atoms with Crippen molar-refractivity contribution < 1.29 is 17.6 Å². The Labute approximate surface area is 133 Å². The summed E-state index contributed by atoms with van der Waals surface area (Å²) >= 11 is 0. The molecule has 0 radical (unpaired) electrons. The summed E-state index contributed by atoms with van der Waals surface area (Å²) in [5.41, 5.74) is 1.82. The van der Waals surface area contributed by atoms with E-state index in [1.54, 1.807) is 13.8 Å². The summed E-state index contributed by atoms with van der Waals surface area (Å²) in [6, 6.07) is 4.42. The van der Waals surface area contributed by atoms with E-state index >= 15 is 0 Å². The molecule has 0 saturated heterocycles. The normalized spacial score (nSPS) is 11.7. The van der Waals surface area contributed by atoms with Gasteiger partial charge in [-0.3, -0.25) is 9.89 Å². The lowest BCUT2D eigenvalue weighted by atomic mass is 10.3. The van der Waals surface area contributed by atoms with E-state index in [0.717, 1.165) is 28.6 Å². The van der Waals surface area contributed by atoms with E-state index in [-0.39, 0.29) is 11.4 Å². The van der Waals surface area contributed by atoms with Gasteiger partial charge in [0.2, 0.25) is 15.9 Å². The first-order valence-electron chi connectivity index (χ1n) is 6.75. The Morgan fingerprint density at radius 1 is 1.30 bits per heavy atom. The molecule has 0 bridgehead atoms. The summed E-state index contributed by atoms with van der Waals surface area (Å²) in [5, 5.41) is 9.29. The van der Waals surface area contributed by atoms with Gasteiger partial charge in [0.1, 0.15) is 5.82 Å². The summed E-state index contributed by atoms with van der Waals surface area (Å²) in [6.45, 7) is 3.09. The van der Waals surface area contributed by atoms with Crippen molar-refractivity contribution in [3.8, 4) is 0 Å². The van der Waals surface area contributed by atoms with Crippen LogP contribution in [0.3, 0.4) is 0 Å². The van der Waals surface area contributed by atoms with Crippen molar-refractivity contribution >= 4 is 21.6 Å². The van der Waals surface area contributed by atoms with Gasteiger partial charge in [-0.2, -0.15) is 9.40 Å². The number of hydrogen-bond acceptors (Lipinski definition) is 4. The molecule has 0 fully saturated rings. The Kier molecular flexibility index (Phi) is 4.81. The Morgan fingerprint density at radius 3 is 2.43 bits per heavy atom. The molecule has 0 aliphatic heterocycles. The van der Waals surface area contributed by atoms with Crippen molar-refractivity contribution in [3.63, 3.8) is 0 Å². The number of halogens is 1.